The molecule has 0 amide bonds. The van der Waals surface area contributed by atoms with E-state index in [0.717, 1.165) is 13.1 Å². The molecule has 0 spiro atoms. The summed E-state index contributed by atoms with van der Waals surface area (Å²) in [5.41, 5.74) is 5.65. The highest BCUT2D eigenvalue weighted by Crippen LogP contribution is 2.33. The third kappa shape index (κ3) is 4.57. The van der Waals surface area contributed by atoms with E-state index in [-0.39, 0.29) is 5.82 Å². The zero-order valence-corrected chi connectivity index (χ0v) is 17.5. The van der Waals surface area contributed by atoms with Crippen molar-refractivity contribution in [2.75, 3.05) is 26.7 Å². The standard InChI is InChI=1S/C20H29F4N7/c1-26-18-15(19(22,23)24)9-27-20(25,29-18)14-8-28-31(11-14)17-6-7-30(12-16(17)21)10-13-4-2-3-5-13/h8-9,11,13,16-17,26,29H,2-7,10,12,25H2,1H3/t16-,17-,20?/m1/s1. The van der Waals surface area contributed by atoms with Crippen molar-refractivity contribution in [2.24, 2.45) is 16.6 Å². The Hall–Kier alpha value is -2.14. The average molecular weight is 443 g/mol. The molecule has 1 aromatic heterocycles. The van der Waals surface area contributed by atoms with E-state index >= 15 is 0 Å². The van der Waals surface area contributed by atoms with Gasteiger partial charge >= 0.3 is 6.18 Å². The number of nitrogens with one attached hydrogen (secondary N) is 2. The van der Waals surface area contributed by atoms with E-state index in [2.05, 4.69) is 25.6 Å². The largest absolute Gasteiger partial charge is 0.421 e. The lowest BCUT2D eigenvalue weighted by atomic mass is 10.0. The molecule has 172 valence electrons. The molecular formula is C20H29F4N7. The Labute approximate surface area is 178 Å². The van der Waals surface area contributed by atoms with E-state index in [9.17, 15) is 17.6 Å². The van der Waals surface area contributed by atoms with Crippen LogP contribution >= 0.6 is 0 Å². The molecule has 3 aliphatic rings. The Morgan fingerprint density at radius 2 is 2.03 bits per heavy atom. The summed E-state index contributed by atoms with van der Waals surface area (Å²) in [5.74, 6) is -1.23. The van der Waals surface area contributed by atoms with Gasteiger partial charge in [-0.25, -0.2) is 9.38 Å². The Kier molecular flexibility index (Phi) is 5.99. The van der Waals surface area contributed by atoms with Crippen molar-refractivity contribution < 1.29 is 17.6 Å². The normalized spacial score (nSPS) is 30.6. The SMILES string of the molecule is CNC1=C(C(F)(F)F)C=NC(N)(c2cnn([C@@H]3CCN(CC4CCCC4)C[C@H]3F)c2)N1. The molecule has 0 aromatic carbocycles. The predicted octanol–water partition coefficient (Wildman–Crippen LogP) is 2.39. The molecule has 31 heavy (non-hydrogen) atoms. The summed E-state index contributed by atoms with van der Waals surface area (Å²) in [5, 5.41) is 9.35. The molecule has 1 saturated carbocycles. The van der Waals surface area contributed by atoms with Crippen molar-refractivity contribution in [2.45, 2.75) is 56.3 Å². The minimum absolute atomic E-state index is 0.277. The monoisotopic (exact) mass is 443 g/mol. The van der Waals surface area contributed by atoms with Crippen LogP contribution in [0.1, 0.15) is 43.7 Å². The van der Waals surface area contributed by atoms with Gasteiger partial charge in [0, 0.05) is 39.1 Å². The van der Waals surface area contributed by atoms with Crippen LogP contribution in [-0.2, 0) is 5.79 Å². The van der Waals surface area contributed by atoms with Crippen LogP contribution in [0.15, 0.2) is 28.8 Å². The lowest BCUT2D eigenvalue weighted by molar-refractivity contribution is -0.0875. The first-order chi connectivity index (χ1) is 14.7. The number of piperidine rings is 1. The number of allylic oxidation sites excluding steroid dienone is 1. The molecule has 1 aliphatic carbocycles. The molecule has 4 rings (SSSR count). The summed E-state index contributed by atoms with van der Waals surface area (Å²) >= 11 is 0. The van der Waals surface area contributed by atoms with E-state index in [1.165, 1.54) is 43.6 Å². The molecular weight excluding hydrogens is 414 g/mol. The van der Waals surface area contributed by atoms with Crippen molar-refractivity contribution >= 4 is 6.21 Å². The number of likely N-dealkylation sites (tertiary alicyclic amines) is 1. The number of alkyl halides is 4. The first-order valence-corrected chi connectivity index (χ1v) is 10.7. The fourth-order valence-corrected chi connectivity index (χ4v) is 4.77. The van der Waals surface area contributed by atoms with Gasteiger partial charge in [-0.3, -0.25) is 10.4 Å². The summed E-state index contributed by atoms with van der Waals surface area (Å²) in [7, 11) is 1.37. The summed E-state index contributed by atoms with van der Waals surface area (Å²) < 4.78 is 56.0. The van der Waals surface area contributed by atoms with Gasteiger partial charge in [-0.1, -0.05) is 12.8 Å². The number of hydrogen-bond donors (Lipinski definition) is 3. The highest BCUT2D eigenvalue weighted by molar-refractivity contribution is 5.82. The summed E-state index contributed by atoms with van der Waals surface area (Å²) in [6, 6.07) is -0.435. The number of nitrogens with zero attached hydrogens (tertiary/aromatic N) is 4. The molecule has 1 aromatic rings. The van der Waals surface area contributed by atoms with Crippen LogP contribution < -0.4 is 16.4 Å². The second kappa shape index (κ2) is 8.42. The predicted molar refractivity (Wildman–Crippen MR) is 109 cm³/mol. The van der Waals surface area contributed by atoms with Crippen LogP contribution in [0.3, 0.4) is 0 Å². The highest BCUT2D eigenvalue weighted by Gasteiger charge is 2.42. The van der Waals surface area contributed by atoms with Crippen LogP contribution in [0, 0.1) is 5.92 Å². The summed E-state index contributed by atoms with van der Waals surface area (Å²) in [4.78, 5) is 6.09. The van der Waals surface area contributed by atoms with Gasteiger partial charge in [0.2, 0.25) is 5.79 Å². The molecule has 2 aliphatic heterocycles. The fourth-order valence-electron chi connectivity index (χ4n) is 4.77. The van der Waals surface area contributed by atoms with Gasteiger partial charge in [-0.15, -0.1) is 0 Å². The maximum Gasteiger partial charge on any atom is 0.421 e. The zero-order valence-electron chi connectivity index (χ0n) is 17.5. The maximum absolute atomic E-state index is 15.0. The molecule has 4 N–H and O–H groups in total. The number of aromatic nitrogens is 2. The van der Waals surface area contributed by atoms with Gasteiger partial charge in [0.25, 0.3) is 0 Å². The molecule has 2 fully saturated rings. The number of hydrogen-bond acceptors (Lipinski definition) is 6. The van der Waals surface area contributed by atoms with E-state index in [1.807, 2.05) is 0 Å². The van der Waals surface area contributed by atoms with Crippen molar-refractivity contribution in [3.05, 3.63) is 29.4 Å². The Bertz CT molecular complexity index is 843. The van der Waals surface area contributed by atoms with Gasteiger partial charge < -0.3 is 15.5 Å². The topological polar surface area (TPSA) is 83.5 Å². The molecule has 7 nitrogen and oxygen atoms in total. The molecule has 3 heterocycles. The quantitative estimate of drug-likeness (QED) is 0.609. The highest BCUT2D eigenvalue weighted by atomic mass is 19.4. The minimum atomic E-state index is -4.58. The number of rotatable bonds is 5. The van der Waals surface area contributed by atoms with Gasteiger partial charge in [-0.05, 0) is 25.2 Å². The average Bonchev–Trinajstić information content (AvgIpc) is 3.39. The van der Waals surface area contributed by atoms with E-state index in [1.54, 1.807) is 6.20 Å². The molecule has 3 atom stereocenters. The van der Waals surface area contributed by atoms with Crippen LogP contribution in [-0.4, -0.2) is 59.9 Å². The molecule has 11 heteroatoms. The third-order valence-corrected chi connectivity index (χ3v) is 6.50. The van der Waals surface area contributed by atoms with Crippen molar-refractivity contribution in [1.29, 1.82) is 0 Å². The van der Waals surface area contributed by atoms with E-state index in [4.69, 9.17) is 5.73 Å². The van der Waals surface area contributed by atoms with Gasteiger partial charge in [0.1, 0.15) is 17.6 Å². The first kappa shape index (κ1) is 22.1. The van der Waals surface area contributed by atoms with Crippen molar-refractivity contribution in [1.82, 2.24) is 25.3 Å². The van der Waals surface area contributed by atoms with Crippen molar-refractivity contribution in [3.63, 3.8) is 0 Å². The number of nitrogens with two attached hydrogens (primary N) is 1. The van der Waals surface area contributed by atoms with Gasteiger partial charge in [0.05, 0.1) is 17.8 Å². The molecule has 0 radical (unpaired) electrons. The minimum Gasteiger partial charge on any atom is -0.374 e. The summed E-state index contributed by atoms with van der Waals surface area (Å²) in [6.07, 6.45) is 3.65. The van der Waals surface area contributed by atoms with E-state index < -0.39 is 29.7 Å². The molecule has 1 unspecified atom stereocenters. The number of aliphatic imine (C=N–C) groups is 1. The third-order valence-electron chi connectivity index (χ3n) is 6.50. The molecule has 0 bridgehead atoms. The summed E-state index contributed by atoms with van der Waals surface area (Å²) in [6.45, 7) is 2.10. The van der Waals surface area contributed by atoms with Crippen molar-refractivity contribution in [3.8, 4) is 0 Å². The Balaban J connectivity index is 1.44. The maximum atomic E-state index is 15.0. The lowest BCUT2D eigenvalue weighted by Crippen LogP contribution is -2.53. The Morgan fingerprint density at radius 3 is 2.68 bits per heavy atom. The zero-order chi connectivity index (χ0) is 22.2. The van der Waals surface area contributed by atoms with Crippen LogP contribution in [0.5, 0.6) is 0 Å². The second-order valence-corrected chi connectivity index (χ2v) is 8.68. The van der Waals surface area contributed by atoms with Gasteiger partial charge in [-0.2, -0.15) is 18.3 Å². The van der Waals surface area contributed by atoms with E-state index in [0.29, 0.717) is 30.7 Å². The van der Waals surface area contributed by atoms with Gasteiger partial charge in [0.15, 0.2) is 0 Å². The fraction of sp³-hybridized carbons (Fsp3) is 0.700. The van der Waals surface area contributed by atoms with Crippen LogP contribution in [0.25, 0.3) is 0 Å². The lowest BCUT2D eigenvalue weighted by Gasteiger charge is -2.36. The molecule has 1 saturated heterocycles. The number of halogens is 4. The first-order valence-electron chi connectivity index (χ1n) is 10.7. The Morgan fingerprint density at radius 1 is 1.29 bits per heavy atom. The van der Waals surface area contributed by atoms with Crippen LogP contribution in [0.4, 0.5) is 17.6 Å². The smallest absolute Gasteiger partial charge is 0.374 e. The van der Waals surface area contributed by atoms with Crippen LogP contribution in [0.2, 0.25) is 0 Å². The second-order valence-electron chi connectivity index (χ2n) is 8.68.